The molecule has 2 aromatic rings. The van der Waals surface area contributed by atoms with Gasteiger partial charge in [0.05, 0.1) is 6.04 Å². The predicted molar refractivity (Wildman–Crippen MR) is 149 cm³/mol. The summed E-state index contributed by atoms with van der Waals surface area (Å²) in [6.45, 7) is 10.0. The highest BCUT2D eigenvalue weighted by atomic mass is 16.6. The van der Waals surface area contributed by atoms with Crippen molar-refractivity contribution in [2.75, 3.05) is 0 Å². The van der Waals surface area contributed by atoms with E-state index in [4.69, 9.17) is 10.5 Å². The number of rotatable bonds is 6. The third-order valence-corrected chi connectivity index (χ3v) is 7.75. The van der Waals surface area contributed by atoms with Gasteiger partial charge in [0.25, 0.3) is 5.91 Å². The Morgan fingerprint density at radius 2 is 1.79 bits per heavy atom. The number of carbonyl (C=O) groups is 3. The maximum Gasteiger partial charge on any atom is 0.405 e. The van der Waals surface area contributed by atoms with E-state index in [1.807, 2.05) is 32.0 Å². The Labute approximate surface area is 230 Å². The lowest BCUT2D eigenvalue weighted by Gasteiger charge is -2.43. The number of phenols is 1. The summed E-state index contributed by atoms with van der Waals surface area (Å²) in [6.07, 6.45) is 1.40. The van der Waals surface area contributed by atoms with Gasteiger partial charge in [-0.05, 0) is 65.5 Å². The van der Waals surface area contributed by atoms with Gasteiger partial charge in [-0.3, -0.25) is 9.59 Å². The van der Waals surface area contributed by atoms with Crippen LogP contribution in [0.3, 0.4) is 0 Å². The molecule has 0 aromatic heterocycles. The first kappa shape index (κ1) is 28.5. The molecule has 0 spiro atoms. The number of ether oxygens (including phenoxy) is 1. The van der Waals surface area contributed by atoms with E-state index < -0.39 is 29.6 Å². The van der Waals surface area contributed by atoms with Crippen LogP contribution in [0.2, 0.25) is 0 Å². The largest absolute Gasteiger partial charge is 0.508 e. The molecule has 0 unspecified atom stereocenters. The van der Waals surface area contributed by atoms with Gasteiger partial charge in [-0.25, -0.2) is 4.79 Å². The van der Waals surface area contributed by atoms with Crippen LogP contribution in [0.15, 0.2) is 42.5 Å². The second kappa shape index (κ2) is 10.9. The number of nitrogens with one attached hydrogen (secondary N) is 1. The number of carbonyl (C=O) groups excluding carboxylic acids is 3. The Balaban J connectivity index is 1.68. The van der Waals surface area contributed by atoms with Crippen molar-refractivity contribution in [1.82, 2.24) is 10.2 Å². The number of aryl methyl sites for hydroxylation is 1. The van der Waals surface area contributed by atoms with Gasteiger partial charge >= 0.3 is 6.09 Å². The Morgan fingerprint density at radius 1 is 1.08 bits per heavy atom. The molecule has 4 N–H and O–H groups in total. The van der Waals surface area contributed by atoms with Crippen molar-refractivity contribution in [2.24, 2.45) is 16.6 Å². The van der Waals surface area contributed by atoms with Gasteiger partial charge in [-0.15, -0.1) is 0 Å². The number of fused-ring (bicyclic) bond motifs is 2. The molecule has 0 fully saturated rings. The number of amides is 3. The molecule has 0 saturated heterocycles. The van der Waals surface area contributed by atoms with E-state index in [1.54, 1.807) is 18.2 Å². The molecule has 4 rings (SSSR count). The van der Waals surface area contributed by atoms with Crippen molar-refractivity contribution >= 4 is 17.9 Å². The van der Waals surface area contributed by atoms with Crippen molar-refractivity contribution in [3.8, 4) is 5.75 Å². The Bertz CT molecular complexity index is 1250. The van der Waals surface area contributed by atoms with Crippen LogP contribution < -0.4 is 11.1 Å². The van der Waals surface area contributed by atoms with Crippen LogP contribution in [0, 0.1) is 10.8 Å². The fourth-order valence-electron chi connectivity index (χ4n) is 6.48. The van der Waals surface area contributed by atoms with E-state index in [9.17, 15) is 19.5 Å². The molecule has 1 aliphatic carbocycles. The molecular weight excluding hydrogens is 494 g/mol. The number of hydrogen-bond acceptors (Lipinski definition) is 5. The highest BCUT2D eigenvalue weighted by Gasteiger charge is 2.46. The second-order valence-electron chi connectivity index (χ2n) is 12.8. The molecule has 39 heavy (non-hydrogen) atoms. The normalized spacial score (nSPS) is 19.9. The van der Waals surface area contributed by atoms with Crippen LogP contribution in [0.1, 0.15) is 82.2 Å². The van der Waals surface area contributed by atoms with Crippen molar-refractivity contribution < 1.29 is 24.2 Å². The molecule has 1 aliphatic heterocycles. The molecule has 2 aliphatic rings. The topological polar surface area (TPSA) is 122 Å². The summed E-state index contributed by atoms with van der Waals surface area (Å²) >= 11 is 0. The average Bonchev–Trinajstić information content (AvgIpc) is 2.84. The van der Waals surface area contributed by atoms with Crippen LogP contribution in [-0.4, -0.2) is 40.1 Å². The minimum atomic E-state index is -1.18. The van der Waals surface area contributed by atoms with Crippen molar-refractivity contribution in [3.05, 3.63) is 64.7 Å². The molecule has 3 atom stereocenters. The minimum absolute atomic E-state index is 0.0841. The van der Waals surface area contributed by atoms with Gasteiger partial charge in [0.1, 0.15) is 11.8 Å². The smallest absolute Gasteiger partial charge is 0.405 e. The molecule has 8 heteroatoms. The van der Waals surface area contributed by atoms with Gasteiger partial charge in [-0.1, -0.05) is 65.0 Å². The molecular formula is C31H41N3O5. The molecule has 210 valence electrons. The molecule has 1 heterocycles. The summed E-state index contributed by atoms with van der Waals surface area (Å²) in [5.41, 5.74) is 8.50. The zero-order chi connectivity index (χ0) is 28.5. The maximum atomic E-state index is 14.2. The summed E-state index contributed by atoms with van der Waals surface area (Å²) < 4.78 is 5.48. The molecule has 0 bridgehead atoms. The van der Waals surface area contributed by atoms with Gasteiger partial charge in [0, 0.05) is 18.4 Å². The maximum absolute atomic E-state index is 14.2. The molecule has 8 nitrogen and oxygen atoms in total. The van der Waals surface area contributed by atoms with Gasteiger partial charge in [-0.2, -0.15) is 0 Å². The number of nitrogens with zero attached hydrogens (tertiary/aromatic N) is 1. The standard InChI is InChI=1S/C31H41N3O5/c1-30(2,3)18-31(4,5)26(39-29(32)38)28(37)34-17-21-15-22(35)14-13-20(21)16-25(34)27(36)33-24-12-8-10-19-9-6-7-11-23(19)24/h6-7,9,11,13-15,24-26,35H,8,10,12,16-18H2,1-5H3,(H2,32,38)(H,33,36)/t24-,25+,26-/m1/s1. The molecule has 3 amide bonds. The lowest BCUT2D eigenvalue weighted by atomic mass is 9.72. The summed E-state index contributed by atoms with van der Waals surface area (Å²) in [7, 11) is 0. The summed E-state index contributed by atoms with van der Waals surface area (Å²) in [4.78, 5) is 41.6. The summed E-state index contributed by atoms with van der Waals surface area (Å²) in [5, 5.41) is 13.3. The van der Waals surface area contributed by atoms with Gasteiger partial charge in [0.15, 0.2) is 6.10 Å². The first-order valence-electron chi connectivity index (χ1n) is 13.7. The van der Waals surface area contributed by atoms with E-state index >= 15 is 0 Å². The third-order valence-electron chi connectivity index (χ3n) is 7.75. The lowest BCUT2D eigenvalue weighted by molar-refractivity contribution is -0.155. The lowest BCUT2D eigenvalue weighted by Crippen LogP contribution is -2.58. The van der Waals surface area contributed by atoms with Crippen molar-refractivity contribution in [1.29, 1.82) is 0 Å². The number of benzene rings is 2. The minimum Gasteiger partial charge on any atom is -0.508 e. The third kappa shape index (κ3) is 6.54. The SMILES string of the molecule is CC(C)(C)CC(C)(C)[C@H](OC(N)=O)C(=O)N1Cc2cc(O)ccc2C[C@H]1C(=O)N[C@@H]1CCCc2ccccc21. The quantitative estimate of drug-likeness (QED) is 0.492. The Morgan fingerprint density at radius 3 is 2.49 bits per heavy atom. The van der Waals surface area contributed by atoms with Crippen LogP contribution in [-0.2, 0) is 33.7 Å². The van der Waals surface area contributed by atoms with Crippen LogP contribution in [0.5, 0.6) is 5.75 Å². The number of hydrogen-bond donors (Lipinski definition) is 3. The fourth-order valence-corrected chi connectivity index (χ4v) is 6.48. The molecule has 2 aromatic carbocycles. The number of primary amides is 1. The Kier molecular flexibility index (Phi) is 7.96. The van der Waals surface area contributed by atoms with E-state index in [0.29, 0.717) is 6.42 Å². The average molecular weight is 536 g/mol. The second-order valence-corrected chi connectivity index (χ2v) is 12.8. The van der Waals surface area contributed by atoms with Crippen molar-refractivity contribution in [3.63, 3.8) is 0 Å². The highest BCUT2D eigenvalue weighted by molar-refractivity contribution is 5.91. The van der Waals surface area contributed by atoms with Crippen LogP contribution >= 0.6 is 0 Å². The van der Waals surface area contributed by atoms with Gasteiger partial charge < -0.3 is 25.8 Å². The zero-order valence-corrected chi connectivity index (χ0v) is 23.6. The van der Waals surface area contributed by atoms with E-state index in [2.05, 4.69) is 32.2 Å². The fraction of sp³-hybridized carbons (Fsp3) is 0.516. The summed E-state index contributed by atoms with van der Waals surface area (Å²) in [6, 6.07) is 12.2. The molecule has 0 saturated carbocycles. The number of phenolic OH excluding ortho intramolecular Hbond substituents is 1. The van der Waals surface area contributed by atoms with Gasteiger partial charge in [0.2, 0.25) is 5.91 Å². The summed E-state index contributed by atoms with van der Waals surface area (Å²) in [5.74, 6) is -0.641. The van der Waals surface area contributed by atoms with Crippen molar-refractivity contribution in [2.45, 2.75) is 91.5 Å². The molecule has 0 radical (unpaired) electrons. The van der Waals surface area contributed by atoms with E-state index in [1.165, 1.54) is 10.5 Å². The monoisotopic (exact) mass is 535 g/mol. The highest BCUT2D eigenvalue weighted by Crippen LogP contribution is 2.39. The number of nitrogens with two attached hydrogens (primary N) is 1. The van der Waals surface area contributed by atoms with Crippen LogP contribution in [0.4, 0.5) is 4.79 Å². The number of aromatic hydroxyl groups is 1. The van der Waals surface area contributed by atoms with E-state index in [-0.39, 0.29) is 36.1 Å². The zero-order valence-electron chi connectivity index (χ0n) is 23.6. The first-order valence-corrected chi connectivity index (χ1v) is 13.7. The predicted octanol–water partition coefficient (Wildman–Crippen LogP) is 4.77. The van der Waals surface area contributed by atoms with E-state index in [0.717, 1.165) is 36.0 Å². The van der Waals surface area contributed by atoms with Crippen LogP contribution in [0.25, 0.3) is 0 Å². The first-order chi connectivity index (χ1) is 18.2. The Hall–Kier alpha value is -3.55.